The summed E-state index contributed by atoms with van der Waals surface area (Å²) in [5, 5.41) is -5.81. The molecule has 6 unspecified atom stereocenters. The number of carbonyl (C=O) groups excluding carboxylic acids is 4. The van der Waals surface area contributed by atoms with E-state index in [1.54, 1.807) is 0 Å². The first kappa shape index (κ1) is 31.4. The average Bonchev–Trinajstić information content (AvgIpc) is 3.60. The van der Waals surface area contributed by atoms with Gasteiger partial charge in [0.1, 0.15) is 29.6 Å². The van der Waals surface area contributed by atoms with Crippen LogP contribution in [-0.4, -0.2) is 84.6 Å². The van der Waals surface area contributed by atoms with Crippen molar-refractivity contribution < 1.29 is 73.4 Å². The molecule has 4 aliphatic rings. The van der Waals surface area contributed by atoms with E-state index < -0.39 is 113 Å². The third-order valence-corrected chi connectivity index (χ3v) is 9.16. The number of hydrogen-bond acceptors (Lipinski definition) is 11. The fourth-order valence-corrected chi connectivity index (χ4v) is 6.37. The summed E-state index contributed by atoms with van der Waals surface area (Å²) in [7, 11) is -6.43. The zero-order valence-electron chi connectivity index (χ0n) is 22.1. The van der Waals surface area contributed by atoms with Gasteiger partial charge in [-0.2, -0.15) is 26.0 Å². The van der Waals surface area contributed by atoms with Crippen molar-refractivity contribution in [2.45, 2.75) is 100.0 Å². The molecule has 0 aromatic rings. The minimum absolute atomic E-state index is 0.0237. The molecule has 3 heterocycles. The van der Waals surface area contributed by atoms with Gasteiger partial charge in [0.05, 0.1) is 25.9 Å². The summed E-state index contributed by atoms with van der Waals surface area (Å²) in [6.07, 6.45) is -4.23. The number of carbonyl (C=O) groups is 4. The van der Waals surface area contributed by atoms with Crippen LogP contribution in [0, 0.1) is 17.8 Å². The number of hydrogen-bond donors (Lipinski definition) is 1. The molecule has 1 aliphatic carbocycles. The van der Waals surface area contributed by atoms with E-state index >= 15 is 0 Å². The van der Waals surface area contributed by atoms with Crippen molar-refractivity contribution >= 4 is 34.0 Å². The minimum atomic E-state index is -6.43. The van der Waals surface area contributed by atoms with E-state index in [0.29, 0.717) is 12.8 Å². The summed E-state index contributed by atoms with van der Waals surface area (Å²) < 4.78 is 110. The highest BCUT2D eigenvalue weighted by molar-refractivity contribution is 7.87. The van der Waals surface area contributed by atoms with Gasteiger partial charge in [-0.1, -0.05) is 13.8 Å². The maximum absolute atomic E-state index is 13.5. The lowest BCUT2D eigenvalue weighted by Crippen LogP contribution is -2.50. The summed E-state index contributed by atoms with van der Waals surface area (Å²) >= 11 is 0. The molecule has 0 aromatic heterocycles. The van der Waals surface area contributed by atoms with Crippen LogP contribution in [0.15, 0.2) is 0 Å². The van der Waals surface area contributed by atoms with Gasteiger partial charge >= 0.3 is 45.2 Å². The molecule has 1 N–H and O–H groups in total. The molecule has 1 saturated carbocycles. The molecular formula is C24H30F4O12S. The molecule has 0 aromatic carbocycles. The van der Waals surface area contributed by atoms with Crippen LogP contribution in [0.4, 0.5) is 17.6 Å². The predicted molar refractivity (Wildman–Crippen MR) is 124 cm³/mol. The van der Waals surface area contributed by atoms with Gasteiger partial charge in [-0.05, 0) is 31.6 Å². The van der Waals surface area contributed by atoms with Gasteiger partial charge in [-0.3, -0.25) is 23.7 Å². The molecule has 2 bridgehead atoms. The van der Waals surface area contributed by atoms with Crippen molar-refractivity contribution in [2.24, 2.45) is 17.8 Å². The summed E-state index contributed by atoms with van der Waals surface area (Å²) in [4.78, 5) is 50.1. The standard InChI is InChI=1S/C24H30F4O12S/c1-11(2)22(7-3-4-8-22)40-21(32)15-14-16-19(39-20(14)31)18(17(15)38-16)37-13(30)6-5-12(29)36-10-9-23(25,26)24(27,28)41(33,34)35/h11,14-19H,3-10H2,1-2H3,(H,33,34,35). The van der Waals surface area contributed by atoms with Crippen LogP contribution in [0.1, 0.15) is 58.8 Å². The molecule has 0 radical (unpaired) electrons. The van der Waals surface area contributed by atoms with Gasteiger partial charge in [0, 0.05) is 0 Å². The van der Waals surface area contributed by atoms with Crippen molar-refractivity contribution in [1.29, 1.82) is 0 Å². The van der Waals surface area contributed by atoms with Crippen LogP contribution in [0.2, 0.25) is 0 Å². The molecule has 6 atom stereocenters. The SMILES string of the molecule is CC(C)C1(OC(=O)C2C3OC4C(OC(=O)C42)C3OC(=O)CCC(=O)OCCC(F)(F)C(F)(F)S(=O)(=O)O)CCCC1. The van der Waals surface area contributed by atoms with E-state index in [1.807, 2.05) is 13.8 Å². The average molecular weight is 619 g/mol. The Hall–Kier alpha value is -2.53. The van der Waals surface area contributed by atoms with Crippen LogP contribution in [0.25, 0.3) is 0 Å². The lowest BCUT2D eigenvalue weighted by Gasteiger charge is -2.36. The molecule has 3 aliphatic heterocycles. The lowest BCUT2D eigenvalue weighted by molar-refractivity contribution is -0.177. The van der Waals surface area contributed by atoms with Crippen molar-refractivity contribution in [1.82, 2.24) is 0 Å². The Morgan fingerprint density at radius 2 is 1.66 bits per heavy atom. The van der Waals surface area contributed by atoms with Crippen LogP contribution in [-0.2, 0) is 53.0 Å². The Bertz CT molecular complexity index is 1180. The van der Waals surface area contributed by atoms with Gasteiger partial charge in [-0.15, -0.1) is 0 Å². The third kappa shape index (κ3) is 5.63. The first-order chi connectivity index (χ1) is 18.9. The zero-order valence-corrected chi connectivity index (χ0v) is 22.9. The summed E-state index contributed by atoms with van der Waals surface area (Å²) in [5.41, 5.74) is -0.681. The Balaban J connectivity index is 1.30. The summed E-state index contributed by atoms with van der Waals surface area (Å²) in [6.45, 7) is 2.53. The maximum atomic E-state index is 13.5. The Morgan fingerprint density at radius 1 is 1.05 bits per heavy atom. The van der Waals surface area contributed by atoms with E-state index in [1.165, 1.54) is 0 Å². The summed E-state index contributed by atoms with van der Waals surface area (Å²) in [6, 6.07) is 0. The van der Waals surface area contributed by atoms with Crippen LogP contribution in [0.3, 0.4) is 0 Å². The zero-order chi connectivity index (χ0) is 30.5. The van der Waals surface area contributed by atoms with Crippen LogP contribution >= 0.6 is 0 Å². The van der Waals surface area contributed by atoms with Gasteiger partial charge in [0.25, 0.3) is 0 Å². The topological polar surface area (TPSA) is 169 Å². The Kier molecular flexibility index (Phi) is 8.39. The number of fused-ring (bicyclic) bond motifs is 1. The quantitative estimate of drug-likeness (QED) is 0.147. The van der Waals surface area contributed by atoms with Crippen molar-refractivity contribution in [3.63, 3.8) is 0 Å². The monoisotopic (exact) mass is 618 g/mol. The second-order valence-corrected chi connectivity index (χ2v) is 12.5. The minimum Gasteiger partial charge on any atom is -0.465 e. The first-order valence-electron chi connectivity index (χ1n) is 13.1. The highest BCUT2D eigenvalue weighted by Crippen LogP contribution is 2.52. The second kappa shape index (κ2) is 10.9. The fraction of sp³-hybridized carbons (Fsp3) is 0.833. The van der Waals surface area contributed by atoms with Crippen LogP contribution < -0.4 is 0 Å². The molecule has 0 spiro atoms. The van der Waals surface area contributed by atoms with Gasteiger partial charge in [0.2, 0.25) is 0 Å². The highest BCUT2D eigenvalue weighted by Gasteiger charge is 2.72. The number of alkyl halides is 4. The number of halogens is 4. The molecule has 3 saturated heterocycles. The normalized spacial score (nSPS) is 30.4. The number of rotatable bonds is 12. The maximum Gasteiger partial charge on any atom is 0.431 e. The lowest BCUT2D eigenvalue weighted by atomic mass is 9.78. The first-order valence-corrected chi connectivity index (χ1v) is 14.5. The summed E-state index contributed by atoms with van der Waals surface area (Å²) in [5.74, 6) is -10.8. The van der Waals surface area contributed by atoms with E-state index in [4.69, 9.17) is 23.5 Å². The molecular weight excluding hydrogens is 588 g/mol. The molecule has 4 rings (SSSR count). The molecule has 17 heteroatoms. The molecule has 4 fully saturated rings. The van der Waals surface area contributed by atoms with Gasteiger partial charge < -0.3 is 23.7 Å². The van der Waals surface area contributed by atoms with Crippen molar-refractivity contribution in [3.8, 4) is 0 Å². The Labute approximate surface area is 232 Å². The largest absolute Gasteiger partial charge is 0.465 e. The van der Waals surface area contributed by atoms with Crippen molar-refractivity contribution in [2.75, 3.05) is 6.61 Å². The van der Waals surface area contributed by atoms with E-state index in [2.05, 4.69) is 4.74 Å². The molecule has 232 valence electrons. The van der Waals surface area contributed by atoms with E-state index in [-0.39, 0.29) is 5.92 Å². The smallest absolute Gasteiger partial charge is 0.431 e. The number of ether oxygens (including phenoxy) is 5. The molecule has 12 nitrogen and oxygen atoms in total. The number of esters is 4. The van der Waals surface area contributed by atoms with Crippen LogP contribution in [0.5, 0.6) is 0 Å². The van der Waals surface area contributed by atoms with E-state index in [9.17, 15) is 45.2 Å². The third-order valence-electron chi connectivity index (χ3n) is 8.21. The molecule has 41 heavy (non-hydrogen) atoms. The van der Waals surface area contributed by atoms with E-state index in [0.717, 1.165) is 12.8 Å². The second-order valence-electron chi connectivity index (χ2n) is 11.0. The van der Waals surface area contributed by atoms with Gasteiger partial charge in [0.15, 0.2) is 12.2 Å². The predicted octanol–water partition coefficient (Wildman–Crippen LogP) is 2.18. The van der Waals surface area contributed by atoms with Crippen molar-refractivity contribution in [3.05, 3.63) is 0 Å². The highest BCUT2D eigenvalue weighted by atomic mass is 32.2. The van der Waals surface area contributed by atoms with Gasteiger partial charge in [-0.25, -0.2) is 0 Å². The molecule has 0 amide bonds. The fourth-order valence-electron chi connectivity index (χ4n) is 5.89. The Morgan fingerprint density at radius 3 is 2.24 bits per heavy atom.